The van der Waals surface area contributed by atoms with Gasteiger partial charge in [0.05, 0.1) is 25.4 Å². The van der Waals surface area contributed by atoms with E-state index in [1.807, 2.05) is 18.2 Å². The van der Waals surface area contributed by atoms with Gasteiger partial charge in [-0.05, 0) is 55.1 Å². The maximum atomic E-state index is 11.3. The normalized spacial score (nSPS) is 18.1. The lowest BCUT2D eigenvalue weighted by Gasteiger charge is -2.12. The van der Waals surface area contributed by atoms with Crippen molar-refractivity contribution in [3.05, 3.63) is 24.5 Å². The number of imidazole rings is 1. The van der Waals surface area contributed by atoms with Crippen molar-refractivity contribution in [2.75, 3.05) is 32.8 Å². The zero-order valence-electron chi connectivity index (χ0n) is 18.1. The first-order valence-electron chi connectivity index (χ1n) is 10.1. The number of benzene rings is 1. The first-order valence-corrected chi connectivity index (χ1v) is 12.8. The van der Waals surface area contributed by atoms with Gasteiger partial charge in [0.25, 0.3) is 0 Å². The fourth-order valence-corrected chi connectivity index (χ4v) is 5.32. The molecule has 2 atom stereocenters. The molecule has 12 heteroatoms. The van der Waals surface area contributed by atoms with E-state index in [1.165, 1.54) is 24.3 Å². The van der Waals surface area contributed by atoms with Crippen molar-refractivity contribution in [3.8, 4) is 11.5 Å². The van der Waals surface area contributed by atoms with E-state index in [0.717, 1.165) is 35.1 Å². The maximum Gasteiger partial charge on any atom is 0.208 e. The molecule has 2 aromatic heterocycles. The molecule has 3 aromatic rings. The van der Waals surface area contributed by atoms with Crippen LogP contribution in [0, 0.1) is 5.92 Å². The van der Waals surface area contributed by atoms with Crippen molar-refractivity contribution in [1.82, 2.24) is 24.2 Å². The van der Waals surface area contributed by atoms with Gasteiger partial charge in [-0.15, -0.1) is 0 Å². The molecule has 1 fully saturated rings. The smallest absolute Gasteiger partial charge is 0.208 e. The SMILES string of the molecule is COc1ccc(OC)c(Sc2nc3c(N)ncnc3n2C2CC2CCCNS(C)(=O)=O)c1. The van der Waals surface area contributed by atoms with Gasteiger partial charge < -0.3 is 15.2 Å². The molecule has 2 heterocycles. The summed E-state index contributed by atoms with van der Waals surface area (Å²) in [5.74, 6) is 2.19. The van der Waals surface area contributed by atoms with Crippen molar-refractivity contribution >= 4 is 38.8 Å². The van der Waals surface area contributed by atoms with Crippen LogP contribution in [-0.2, 0) is 10.0 Å². The summed E-state index contributed by atoms with van der Waals surface area (Å²) in [6, 6.07) is 5.82. The highest BCUT2D eigenvalue weighted by atomic mass is 32.2. The number of nitrogen functional groups attached to an aromatic ring is 1. The molecule has 0 amide bonds. The Morgan fingerprint density at radius 2 is 2.09 bits per heavy atom. The van der Waals surface area contributed by atoms with Gasteiger partial charge >= 0.3 is 0 Å². The third kappa shape index (κ3) is 4.92. The zero-order valence-corrected chi connectivity index (χ0v) is 19.7. The van der Waals surface area contributed by atoms with Gasteiger partial charge in [0.1, 0.15) is 17.8 Å². The van der Waals surface area contributed by atoms with Gasteiger partial charge in [-0.25, -0.2) is 28.1 Å². The van der Waals surface area contributed by atoms with Crippen molar-refractivity contribution in [2.45, 2.75) is 35.4 Å². The summed E-state index contributed by atoms with van der Waals surface area (Å²) in [6.45, 7) is 0.435. The molecule has 2 unspecified atom stereocenters. The Hall–Kier alpha value is -2.57. The summed E-state index contributed by atoms with van der Waals surface area (Å²) in [7, 11) is 0.0778. The Morgan fingerprint density at radius 3 is 2.81 bits per heavy atom. The van der Waals surface area contributed by atoms with E-state index >= 15 is 0 Å². The van der Waals surface area contributed by atoms with E-state index in [1.54, 1.807) is 14.2 Å². The predicted molar refractivity (Wildman–Crippen MR) is 123 cm³/mol. The van der Waals surface area contributed by atoms with E-state index < -0.39 is 10.0 Å². The van der Waals surface area contributed by atoms with Gasteiger partial charge in [-0.3, -0.25) is 4.57 Å². The summed E-state index contributed by atoms with van der Waals surface area (Å²) in [5.41, 5.74) is 7.35. The molecule has 10 nitrogen and oxygen atoms in total. The van der Waals surface area contributed by atoms with Crippen LogP contribution < -0.4 is 19.9 Å². The Kier molecular flexibility index (Phi) is 6.45. The molecule has 1 aromatic carbocycles. The van der Waals surface area contributed by atoms with E-state index in [2.05, 4.69) is 19.3 Å². The molecule has 172 valence electrons. The predicted octanol–water partition coefficient (Wildman–Crippen LogP) is 2.47. The van der Waals surface area contributed by atoms with Crippen molar-refractivity contribution in [2.24, 2.45) is 5.92 Å². The van der Waals surface area contributed by atoms with E-state index in [9.17, 15) is 8.42 Å². The topological polar surface area (TPSA) is 134 Å². The first kappa shape index (κ1) is 22.6. The monoisotopic (exact) mass is 478 g/mol. The molecule has 0 radical (unpaired) electrons. The highest BCUT2D eigenvalue weighted by Crippen LogP contribution is 2.50. The van der Waals surface area contributed by atoms with Crippen LogP contribution in [0.2, 0.25) is 0 Å². The van der Waals surface area contributed by atoms with Gasteiger partial charge in [-0.1, -0.05) is 0 Å². The fraction of sp³-hybridized carbons (Fsp3) is 0.450. The number of anilines is 1. The molecule has 1 aliphatic carbocycles. The van der Waals surface area contributed by atoms with Gasteiger partial charge in [0.2, 0.25) is 10.0 Å². The Bertz CT molecular complexity index is 1230. The average Bonchev–Trinajstić information content (AvgIpc) is 3.42. The van der Waals surface area contributed by atoms with Crippen LogP contribution in [0.15, 0.2) is 34.6 Å². The van der Waals surface area contributed by atoms with Crippen molar-refractivity contribution in [3.63, 3.8) is 0 Å². The number of aromatic nitrogens is 4. The lowest BCUT2D eigenvalue weighted by Crippen LogP contribution is -2.23. The summed E-state index contributed by atoms with van der Waals surface area (Å²) in [5, 5.41) is 0.750. The highest BCUT2D eigenvalue weighted by molar-refractivity contribution is 7.99. The average molecular weight is 479 g/mol. The van der Waals surface area contributed by atoms with Crippen LogP contribution in [0.1, 0.15) is 25.3 Å². The number of hydrogen-bond donors (Lipinski definition) is 2. The zero-order chi connectivity index (χ0) is 22.9. The standard InChI is InChI=1S/C20H26N6O4S2/c1-29-13-6-7-15(30-2)16(10-13)31-20-25-17-18(21)22-11-23-19(17)26(20)14-9-12(14)5-4-8-24-32(3,27)28/h6-7,10-12,14,24H,4-5,8-9H2,1-3H3,(H2,21,22,23). The minimum atomic E-state index is -3.17. The molecule has 32 heavy (non-hydrogen) atoms. The number of nitrogens with one attached hydrogen (secondary N) is 1. The number of hydrogen-bond acceptors (Lipinski definition) is 9. The van der Waals surface area contributed by atoms with Crippen molar-refractivity contribution in [1.29, 1.82) is 0 Å². The number of nitrogens with two attached hydrogens (primary N) is 1. The molecule has 0 bridgehead atoms. The summed E-state index contributed by atoms with van der Waals surface area (Å²) in [6.07, 6.45) is 5.26. The first-order chi connectivity index (χ1) is 15.3. The number of nitrogens with zero attached hydrogens (tertiary/aromatic N) is 4. The van der Waals surface area contributed by atoms with Crippen LogP contribution in [0.4, 0.5) is 5.82 Å². The quantitative estimate of drug-likeness (QED) is 0.421. The third-order valence-corrected chi connectivity index (χ3v) is 7.12. The largest absolute Gasteiger partial charge is 0.497 e. The minimum absolute atomic E-state index is 0.214. The molecular formula is C20H26N6O4S2. The maximum absolute atomic E-state index is 11.3. The van der Waals surface area contributed by atoms with Crippen LogP contribution in [0.5, 0.6) is 11.5 Å². The molecule has 0 aliphatic heterocycles. The molecule has 3 N–H and O–H groups in total. The Balaban J connectivity index is 1.61. The summed E-state index contributed by atoms with van der Waals surface area (Å²) < 4.78 is 38.1. The number of fused-ring (bicyclic) bond motifs is 1. The summed E-state index contributed by atoms with van der Waals surface area (Å²) in [4.78, 5) is 14.2. The Morgan fingerprint density at radius 1 is 1.28 bits per heavy atom. The molecule has 4 rings (SSSR count). The second kappa shape index (κ2) is 9.12. The number of methoxy groups -OCH3 is 2. The van der Waals surface area contributed by atoms with E-state index in [0.29, 0.717) is 35.2 Å². The molecule has 0 spiro atoms. The molecule has 1 aliphatic rings. The van der Waals surface area contributed by atoms with Crippen LogP contribution in [-0.4, -0.2) is 55.0 Å². The fourth-order valence-electron chi connectivity index (χ4n) is 3.72. The second-order valence-corrected chi connectivity index (χ2v) is 10.5. The van der Waals surface area contributed by atoms with Crippen LogP contribution in [0.3, 0.4) is 0 Å². The Labute approximate surface area is 191 Å². The molecular weight excluding hydrogens is 452 g/mol. The molecule has 1 saturated carbocycles. The highest BCUT2D eigenvalue weighted by Gasteiger charge is 2.41. The molecule has 0 saturated heterocycles. The second-order valence-electron chi connectivity index (χ2n) is 7.69. The van der Waals surface area contributed by atoms with Gasteiger partial charge in [-0.2, -0.15) is 0 Å². The van der Waals surface area contributed by atoms with Crippen molar-refractivity contribution < 1.29 is 17.9 Å². The summed E-state index contributed by atoms with van der Waals surface area (Å²) >= 11 is 1.46. The van der Waals surface area contributed by atoms with E-state index in [-0.39, 0.29) is 6.04 Å². The lowest BCUT2D eigenvalue weighted by molar-refractivity contribution is 0.394. The number of rotatable bonds is 10. The third-order valence-electron chi connectivity index (χ3n) is 5.38. The lowest BCUT2D eigenvalue weighted by atomic mass is 10.2. The number of ether oxygens (including phenoxy) is 2. The van der Waals surface area contributed by atoms with Gasteiger partial charge in [0, 0.05) is 12.6 Å². The van der Waals surface area contributed by atoms with E-state index in [4.69, 9.17) is 20.2 Å². The van der Waals surface area contributed by atoms with Crippen LogP contribution in [0.25, 0.3) is 11.2 Å². The minimum Gasteiger partial charge on any atom is -0.497 e. The number of sulfonamides is 1. The van der Waals surface area contributed by atoms with Crippen LogP contribution >= 0.6 is 11.8 Å². The van der Waals surface area contributed by atoms with Gasteiger partial charge in [0.15, 0.2) is 22.1 Å².